The number of benzene rings is 1. The molecular formula is C26H32BrN5O. The standard InChI is InChI=1S/C26H32BrN5O/c1-18-30-31-26(33-18)20-8-10-23(11-9-20)32-14-4-5-19(17-32)15-21-6-2-3-7-24(21)29-25-16-22(27)12-13-28-25/h8-13,16,19,21,24H,2-7,14-15,17H2,1H3,(H,28,29)/t19-,21+,24-/m1/s1. The number of hydrogen-bond acceptors (Lipinski definition) is 6. The molecule has 2 aliphatic rings. The van der Waals surface area contributed by atoms with Crippen LogP contribution in [0.5, 0.6) is 0 Å². The van der Waals surface area contributed by atoms with Gasteiger partial charge in [-0.05, 0) is 80.3 Å². The minimum Gasteiger partial charge on any atom is -0.421 e. The first-order chi connectivity index (χ1) is 16.1. The lowest BCUT2D eigenvalue weighted by Gasteiger charge is -2.39. The molecule has 1 saturated carbocycles. The Morgan fingerprint density at radius 2 is 1.91 bits per heavy atom. The average Bonchev–Trinajstić information content (AvgIpc) is 3.27. The molecule has 3 aromatic rings. The summed E-state index contributed by atoms with van der Waals surface area (Å²) < 4.78 is 6.65. The van der Waals surface area contributed by atoms with Crippen LogP contribution in [0.15, 0.2) is 51.5 Å². The quantitative estimate of drug-likeness (QED) is 0.410. The molecule has 1 aromatic carbocycles. The van der Waals surface area contributed by atoms with Crippen molar-refractivity contribution in [1.82, 2.24) is 15.2 Å². The fraction of sp³-hybridized carbons (Fsp3) is 0.500. The molecule has 7 heteroatoms. The van der Waals surface area contributed by atoms with Crippen LogP contribution in [0, 0.1) is 18.8 Å². The van der Waals surface area contributed by atoms with E-state index in [1.54, 1.807) is 0 Å². The fourth-order valence-corrected chi connectivity index (χ4v) is 5.84. The van der Waals surface area contributed by atoms with E-state index in [1.807, 2.05) is 19.2 Å². The Labute approximate surface area is 204 Å². The lowest BCUT2D eigenvalue weighted by Crippen LogP contribution is -2.39. The summed E-state index contributed by atoms with van der Waals surface area (Å²) in [5.74, 6) is 3.63. The van der Waals surface area contributed by atoms with Crippen molar-refractivity contribution in [3.63, 3.8) is 0 Å². The average molecular weight is 510 g/mol. The first-order valence-electron chi connectivity index (χ1n) is 12.2. The lowest BCUT2D eigenvalue weighted by atomic mass is 9.77. The van der Waals surface area contributed by atoms with E-state index in [0.29, 0.717) is 23.7 Å². The van der Waals surface area contributed by atoms with Crippen LogP contribution in [0.4, 0.5) is 11.5 Å². The SMILES string of the molecule is Cc1nnc(-c2ccc(N3CCC[C@H](C[C@@H]4CCCC[C@H]4Nc4cc(Br)ccn4)C3)cc2)o1. The molecule has 3 atom stereocenters. The zero-order chi connectivity index (χ0) is 22.6. The monoisotopic (exact) mass is 509 g/mol. The maximum absolute atomic E-state index is 5.57. The Balaban J connectivity index is 1.21. The van der Waals surface area contributed by atoms with Crippen LogP contribution in [0.3, 0.4) is 0 Å². The van der Waals surface area contributed by atoms with Crippen LogP contribution in [-0.2, 0) is 0 Å². The second-order valence-electron chi connectivity index (χ2n) is 9.52. The highest BCUT2D eigenvalue weighted by atomic mass is 79.9. The van der Waals surface area contributed by atoms with Gasteiger partial charge in [0.1, 0.15) is 5.82 Å². The van der Waals surface area contributed by atoms with Crippen molar-refractivity contribution in [3.05, 3.63) is 53.0 Å². The smallest absolute Gasteiger partial charge is 0.247 e. The Morgan fingerprint density at radius 3 is 2.70 bits per heavy atom. The number of piperidine rings is 1. The molecule has 1 saturated heterocycles. The Morgan fingerprint density at radius 1 is 1.06 bits per heavy atom. The van der Waals surface area contributed by atoms with Gasteiger partial charge >= 0.3 is 0 Å². The van der Waals surface area contributed by atoms with Crippen LogP contribution >= 0.6 is 15.9 Å². The van der Waals surface area contributed by atoms with Gasteiger partial charge in [-0.1, -0.05) is 28.8 Å². The number of aromatic nitrogens is 3. The Hall–Kier alpha value is -2.41. The number of anilines is 2. The molecule has 0 amide bonds. The molecule has 1 aliphatic carbocycles. The molecule has 2 fully saturated rings. The van der Waals surface area contributed by atoms with Crippen LogP contribution in [0.1, 0.15) is 50.8 Å². The van der Waals surface area contributed by atoms with E-state index in [9.17, 15) is 0 Å². The lowest BCUT2D eigenvalue weighted by molar-refractivity contribution is 0.247. The molecule has 1 aliphatic heterocycles. The number of pyridine rings is 1. The van der Waals surface area contributed by atoms with Gasteiger partial charge in [0.2, 0.25) is 11.8 Å². The first kappa shape index (κ1) is 22.4. The topological polar surface area (TPSA) is 67.1 Å². The number of hydrogen-bond donors (Lipinski definition) is 1. The van der Waals surface area contributed by atoms with Gasteiger partial charge in [0.25, 0.3) is 0 Å². The molecule has 0 spiro atoms. The van der Waals surface area contributed by atoms with Gasteiger partial charge in [0.05, 0.1) is 0 Å². The van der Waals surface area contributed by atoms with Gasteiger partial charge in [0, 0.05) is 48.0 Å². The van der Waals surface area contributed by atoms with E-state index in [0.717, 1.165) is 34.9 Å². The third kappa shape index (κ3) is 5.57. The molecular weight excluding hydrogens is 478 g/mol. The molecule has 5 rings (SSSR count). The summed E-state index contributed by atoms with van der Waals surface area (Å²) in [6.45, 7) is 4.08. The summed E-state index contributed by atoms with van der Waals surface area (Å²) in [5, 5.41) is 11.8. The summed E-state index contributed by atoms with van der Waals surface area (Å²) in [4.78, 5) is 7.09. The predicted octanol–water partition coefficient (Wildman–Crippen LogP) is 6.48. The highest BCUT2D eigenvalue weighted by Crippen LogP contribution is 2.35. The number of rotatable bonds is 6. The molecule has 6 nitrogen and oxygen atoms in total. The van der Waals surface area contributed by atoms with Crippen molar-refractivity contribution < 1.29 is 4.42 Å². The number of halogens is 1. The third-order valence-electron chi connectivity index (χ3n) is 7.12. The van der Waals surface area contributed by atoms with Crippen molar-refractivity contribution >= 4 is 27.4 Å². The second kappa shape index (κ2) is 10.2. The normalized spacial score (nSPS) is 23.5. The van der Waals surface area contributed by atoms with Crippen LogP contribution < -0.4 is 10.2 Å². The molecule has 0 radical (unpaired) electrons. The number of nitrogens with zero attached hydrogens (tertiary/aromatic N) is 4. The number of aryl methyl sites for hydroxylation is 1. The van der Waals surface area contributed by atoms with E-state index in [2.05, 4.69) is 71.7 Å². The first-order valence-corrected chi connectivity index (χ1v) is 13.0. The van der Waals surface area contributed by atoms with Crippen LogP contribution in [0.2, 0.25) is 0 Å². The summed E-state index contributed by atoms with van der Waals surface area (Å²) in [6, 6.07) is 13.2. The maximum Gasteiger partial charge on any atom is 0.247 e. The Bertz CT molecular complexity index is 1050. The molecule has 33 heavy (non-hydrogen) atoms. The molecule has 174 valence electrons. The van der Waals surface area contributed by atoms with Gasteiger partial charge in [-0.3, -0.25) is 0 Å². The zero-order valence-electron chi connectivity index (χ0n) is 19.2. The fourth-order valence-electron chi connectivity index (χ4n) is 5.50. The minimum absolute atomic E-state index is 0.521. The highest BCUT2D eigenvalue weighted by Gasteiger charge is 2.30. The van der Waals surface area contributed by atoms with Crippen molar-refractivity contribution in [2.75, 3.05) is 23.3 Å². The number of nitrogens with one attached hydrogen (secondary N) is 1. The molecule has 1 N–H and O–H groups in total. The largest absolute Gasteiger partial charge is 0.421 e. The van der Waals surface area contributed by atoms with Gasteiger partial charge in [-0.2, -0.15) is 0 Å². The maximum atomic E-state index is 5.57. The predicted molar refractivity (Wildman–Crippen MR) is 135 cm³/mol. The Kier molecular flexibility index (Phi) is 6.95. The van der Waals surface area contributed by atoms with E-state index < -0.39 is 0 Å². The third-order valence-corrected chi connectivity index (χ3v) is 7.62. The summed E-state index contributed by atoms with van der Waals surface area (Å²) >= 11 is 3.57. The molecule has 2 aromatic heterocycles. The van der Waals surface area contributed by atoms with Gasteiger partial charge < -0.3 is 14.6 Å². The van der Waals surface area contributed by atoms with Crippen molar-refractivity contribution in [3.8, 4) is 11.5 Å². The van der Waals surface area contributed by atoms with E-state index in [-0.39, 0.29) is 0 Å². The van der Waals surface area contributed by atoms with Crippen molar-refractivity contribution in [2.45, 2.75) is 57.9 Å². The molecule has 0 bridgehead atoms. The summed E-state index contributed by atoms with van der Waals surface area (Å²) in [5.41, 5.74) is 2.27. The summed E-state index contributed by atoms with van der Waals surface area (Å²) in [6.07, 6.45) is 11.0. The van der Waals surface area contributed by atoms with Crippen LogP contribution in [0.25, 0.3) is 11.5 Å². The van der Waals surface area contributed by atoms with Crippen LogP contribution in [-0.4, -0.2) is 34.3 Å². The van der Waals surface area contributed by atoms with Gasteiger partial charge in [-0.15, -0.1) is 10.2 Å². The highest BCUT2D eigenvalue weighted by molar-refractivity contribution is 9.10. The van der Waals surface area contributed by atoms with Gasteiger partial charge in [0.15, 0.2) is 0 Å². The van der Waals surface area contributed by atoms with E-state index in [1.165, 1.54) is 50.6 Å². The van der Waals surface area contributed by atoms with E-state index >= 15 is 0 Å². The molecule has 0 unspecified atom stereocenters. The van der Waals surface area contributed by atoms with Crippen molar-refractivity contribution in [2.24, 2.45) is 11.8 Å². The second-order valence-corrected chi connectivity index (χ2v) is 10.4. The van der Waals surface area contributed by atoms with E-state index in [4.69, 9.17) is 4.42 Å². The minimum atomic E-state index is 0.521. The van der Waals surface area contributed by atoms with Gasteiger partial charge in [-0.25, -0.2) is 4.98 Å². The zero-order valence-corrected chi connectivity index (χ0v) is 20.8. The summed E-state index contributed by atoms with van der Waals surface area (Å²) in [7, 11) is 0. The molecule has 3 heterocycles. The van der Waals surface area contributed by atoms with Crippen molar-refractivity contribution in [1.29, 1.82) is 0 Å².